The van der Waals surface area contributed by atoms with Crippen LogP contribution < -0.4 is 0 Å². The van der Waals surface area contributed by atoms with Gasteiger partial charge in [0.05, 0.1) is 6.07 Å². The largest absolute Gasteiger partial charge is 0.481 e. The summed E-state index contributed by atoms with van der Waals surface area (Å²) in [5, 5.41) is 33.9. The van der Waals surface area contributed by atoms with Crippen LogP contribution in [0, 0.1) is 22.7 Å². The molecule has 0 rings (SSSR count). The van der Waals surface area contributed by atoms with E-state index in [0.717, 1.165) is 0 Å². The Bertz CT molecular complexity index is 465. The smallest absolute Gasteiger partial charge is 0.303 e. The minimum atomic E-state index is -1.72. The molecule has 0 amide bonds. The van der Waals surface area contributed by atoms with E-state index in [2.05, 4.69) is 21.7 Å². The molecule has 8 nitrogen and oxygen atoms in total. The molecule has 2 unspecified atom stereocenters. The SMILES string of the molecule is C=CCOOC(C)(C#N)N=NC(C)(C#N)CCC(=O)O. The van der Waals surface area contributed by atoms with Gasteiger partial charge < -0.3 is 5.11 Å². The minimum Gasteiger partial charge on any atom is -0.481 e. The number of carboxylic acids is 1. The number of azo groups is 1. The van der Waals surface area contributed by atoms with Crippen LogP contribution in [0.1, 0.15) is 26.7 Å². The standard InChI is InChI=1S/C12H16N4O4/c1-4-7-19-20-12(3,9-14)16-15-11(2,8-13)6-5-10(17)18/h4H,1,5-7H2,2-3H3,(H,17,18). The van der Waals surface area contributed by atoms with Gasteiger partial charge in [-0.3, -0.25) is 4.79 Å². The van der Waals surface area contributed by atoms with Crippen molar-refractivity contribution in [2.45, 2.75) is 38.0 Å². The monoisotopic (exact) mass is 280 g/mol. The first-order chi connectivity index (χ1) is 9.31. The fourth-order valence-electron chi connectivity index (χ4n) is 0.939. The number of aliphatic carboxylic acids is 1. The lowest BCUT2D eigenvalue weighted by Gasteiger charge is -2.18. The molecule has 0 heterocycles. The van der Waals surface area contributed by atoms with E-state index in [1.54, 1.807) is 6.07 Å². The lowest BCUT2D eigenvalue weighted by Crippen LogP contribution is -2.27. The maximum Gasteiger partial charge on any atom is 0.303 e. The number of hydrogen-bond acceptors (Lipinski definition) is 7. The quantitative estimate of drug-likeness (QED) is 0.226. The number of carbonyl (C=O) groups is 1. The molecule has 0 aliphatic rings. The second kappa shape index (κ2) is 8.00. The van der Waals surface area contributed by atoms with Crippen molar-refractivity contribution in [3.8, 4) is 12.1 Å². The Kier molecular flexibility index (Phi) is 7.08. The zero-order valence-electron chi connectivity index (χ0n) is 11.4. The summed E-state index contributed by atoms with van der Waals surface area (Å²) in [5.74, 6) is -1.05. The Balaban J connectivity index is 4.83. The molecule has 2 atom stereocenters. The molecule has 0 aliphatic heterocycles. The van der Waals surface area contributed by atoms with Crippen molar-refractivity contribution >= 4 is 5.97 Å². The van der Waals surface area contributed by atoms with Crippen molar-refractivity contribution < 1.29 is 19.7 Å². The van der Waals surface area contributed by atoms with E-state index in [4.69, 9.17) is 20.5 Å². The molecule has 0 radical (unpaired) electrons. The number of rotatable bonds is 9. The van der Waals surface area contributed by atoms with Crippen LogP contribution in [-0.4, -0.2) is 28.9 Å². The van der Waals surface area contributed by atoms with E-state index in [9.17, 15) is 4.79 Å². The topological polar surface area (TPSA) is 128 Å². The van der Waals surface area contributed by atoms with E-state index in [1.807, 2.05) is 6.07 Å². The summed E-state index contributed by atoms with van der Waals surface area (Å²) < 4.78 is 0. The van der Waals surface area contributed by atoms with Crippen LogP contribution >= 0.6 is 0 Å². The van der Waals surface area contributed by atoms with E-state index in [-0.39, 0.29) is 19.4 Å². The lowest BCUT2D eigenvalue weighted by molar-refractivity contribution is -0.335. The van der Waals surface area contributed by atoms with Crippen LogP contribution in [0.15, 0.2) is 22.9 Å². The van der Waals surface area contributed by atoms with Gasteiger partial charge in [0.1, 0.15) is 12.7 Å². The highest BCUT2D eigenvalue weighted by molar-refractivity contribution is 5.66. The van der Waals surface area contributed by atoms with Crippen molar-refractivity contribution in [1.29, 1.82) is 10.5 Å². The Hall–Kier alpha value is -2.29. The van der Waals surface area contributed by atoms with Gasteiger partial charge in [0.2, 0.25) is 0 Å². The third-order valence-corrected chi connectivity index (χ3v) is 2.14. The molecule has 0 aromatic heterocycles. The van der Waals surface area contributed by atoms with Gasteiger partial charge in [-0.25, -0.2) is 4.89 Å². The molecular weight excluding hydrogens is 264 g/mol. The molecule has 0 fully saturated rings. The van der Waals surface area contributed by atoms with Crippen molar-refractivity contribution in [3.05, 3.63) is 12.7 Å². The molecule has 1 N–H and O–H groups in total. The van der Waals surface area contributed by atoms with Crippen LogP contribution in [0.2, 0.25) is 0 Å². The third-order valence-electron chi connectivity index (χ3n) is 2.14. The van der Waals surface area contributed by atoms with Gasteiger partial charge in [-0.05, 0) is 13.3 Å². The summed E-state index contributed by atoms with van der Waals surface area (Å²) in [4.78, 5) is 19.9. The van der Waals surface area contributed by atoms with Crippen molar-refractivity contribution in [3.63, 3.8) is 0 Å². The summed E-state index contributed by atoms with van der Waals surface area (Å²) >= 11 is 0. The Labute approximate surface area is 116 Å². The molecule has 8 heteroatoms. The molecule has 0 bridgehead atoms. The van der Waals surface area contributed by atoms with Gasteiger partial charge in [-0.2, -0.15) is 20.5 Å². The maximum atomic E-state index is 10.5. The zero-order valence-corrected chi connectivity index (χ0v) is 11.4. The highest BCUT2D eigenvalue weighted by Crippen LogP contribution is 2.21. The molecule has 0 aliphatic carbocycles. The number of hydrogen-bond donors (Lipinski definition) is 1. The summed E-state index contributed by atoms with van der Waals surface area (Å²) in [6.07, 6.45) is 1.15. The van der Waals surface area contributed by atoms with Gasteiger partial charge >= 0.3 is 5.97 Å². The van der Waals surface area contributed by atoms with Gasteiger partial charge in [-0.15, -0.1) is 11.7 Å². The van der Waals surface area contributed by atoms with Crippen LogP contribution in [0.4, 0.5) is 0 Å². The fourth-order valence-corrected chi connectivity index (χ4v) is 0.939. The first-order valence-electron chi connectivity index (χ1n) is 5.71. The average Bonchev–Trinajstić information content (AvgIpc) is 2.43. The van der Waals surface area contributed by atoms with Crippen LogP contribution in [0.3, 0.4) is 0 Å². The highest BCUT2D eigenvalue weighted by atomic mass is 17.2. The van der Waals surface area contributed by atoms with Gasteiger partial charge in [-0.1, -0.05) is 6.08 Å². The average molecular weight is 280 g/mol. The molecule has 0 saturated carbocycles. The predicted octanol–water partition coefficient (Wildman–Crippen LogP) is 1.96. The van der Waals surface area contributed by atoms with E-state index in [1.165, 1.54) is 19.9 Å². The van der Waals surface area contributed by atoms with Crippen LogP contribution in [-0.2, 0) is 14.6 Å². The van der Waals surface area contributed by atoms with Crippen molar-refractivity contribution in [1.82, 2.24) is 0 Å². The second-order valence-corrected chi connectivity index (χ2v) is 4.23. The van der Waals surface area contributed by atoms with E-state index < -0.39 is 17.2 Å². The normalized spacial score (nSPS) is 16.6. The van der Waals surface area contributed by atoms with Crippen LogP contribution in [0.25, 0.3) is 0 Å². The first kappa shape index (κ1) is 17.7. The zero-order chi connectivity index (χ0) is 15.6. The predicted molar refractivity (Wildman–Crippen MR) is 67.0 cm³/mol. The van der Waals surface area contributed by atoms with Gasteiger partial charge in [0, 0.05) is 13.3 Å². The number of carboxylic acid groups (broad SMARTS) is 1. The minimum absolute atomic E-state index is 0.0304. The maximum absolute atomic E-state index is 10.5. The lowest BCUT2D eigenvalue weighted by atomic mass is 9.99. The Morgan fingerprint density at radius 1 is 1.40 bits per heavy atom. The molecule has 0 aromatic rings. The first-order valence-corrected chi connectivity index (χ1v) is 5.71. The molecular formula is C12H16N4O4. The van der Waals surface area contributed by atoms with E-state index >= 15 is 0 Å². The van der Waals surface area contributed by atoms with Crippen molar-refractivity contribution in [2.75, 3.05) is 6.61 Å². The van der Waals surface area contributed by atoms with Gasteiger partial charge in [0.25, 0.3) is 5.72 Å². The molecule has 20 heavy (non-hydrogen) atoms. The summed E-state index contributed by atoms with van der Waals surface area (Å²) in [6, 6.07) is 3.58. The van der Waals surface area contributed by atoms with Gasteiger partial charge in [0.15, 0.2) is 5.54 Å². The fraction of sp³-hybridized carbons (Fsp3) is 0.583. The molecule has 0 saturated heterocycles. The number of nitrogens with zero attached hydrogens (tertiary/aromatic N) is 4. The summed E-state index contributed by atoms with van der Waals surface area (Å²) in [5.41, 5.74) is -3.07. The van der Waals surface area contributed by atoms with E-state index in [0.29, 0.717) is 0 Å². The Morgan fingerprint density at radius 3 is 2.50 bits per heavy atom. The summed E-state index contributed by atoms with van der Waals surface area (Å²) in [6.45, 7) is 6.18. The highest BCUT2D eigenvalue weighted by Gasteiger charge is 2.30. The summed E-state index contributed by atoms with van der Waals surface area (Å²) in [7, 11) is 0. The second-order valence-electron chi connectivity index (χ2n) is 4.23. The van der Waals surface area contributed by atoms with Crippen molar-refractivity contribution in [2.24, 2.45) is 10.2 Å². The number of nitriles is 2. The Morgan fingerprint density at radius 2 is 2.05 bits per heavy atom. The van der Waals surface area contributed by atoms with Crippen LogP contribution in [0.5, 0.6) is 0 Å². The molecule has 108 valence electrons. The molecule has 0 spiro atoms. The molecule has 0 aromatic carbocycles. The third kappa shape index (κ3) is 6.59.